The van der Waals surface area contributed by atoms with Crippen LogP contribution in [0.5, 0.6) is 0 Å². The van der Waals surface area contributed by atoms with Gasteiger partial charge < -0.3 is 15.3 Å². The number of rotatable bonds is 5. The third kappa shape index (κ3) is 3.43. The van der Waals surface area contributed by atoms with Gasteiger partial charge in [-0.15, -0.1) is 0 Å². The van der Waals surface area contributed by atoms with Crippen LogP contribution in [0, 0.1) is 0 Å². The van der Waals surface area contributed by atoms with Gasteiger partial charge in [0.15, 0.2) is 0 Å². The van der Waals surface area contributed by atoms with Gasteiger partial charge >= 0.3 is 0 Å². The molecule has 5 nitrogen and oxygen atoms in total. The molecule has 0 spiro atoms. The molecule has 18 heavy (non-hydrogen) atoms. The molecule has 1 heterocycles. The zero-order chi connectivity index (χ0) is 13.7. The third-order valence-corrected chi connectivity index (χ3v) is 2.98. The van der Waals surface area contributed by atoms with E-state index in [2.05, 4.69) is 26.2 Å². The largest absolute Gasteiger partial charge is 0.395 e. The smallest absolute Gasteiger partial charge is 0.257 e. The quantitative estimate of drug-likeness (QED) is 0.868. The molecule has 0 saturated carbocycles. The Hall–Kier alpha value is -1.14. The van der Waals surface area contributed by atoms with Crippen molar-refractivity contribution < 1.29 is 9.90 Å². The highest BCUT2D eigenvalue weighted by molar-refractivity contribution is 9.10. The van der Waals surface area contributed by atoms with E-state index >= 15 is 0 Å². The number of pyridine rings is 1. The molecule has 1 rings (SSSR count). The SMILES string of the molecule is CNc1ncc(Br)cc1C(=O)N(CCO)C(C)C. The first-order valence-electron chi connectivity index (χ1n) is 5.76. The lowest BCUT2D eigenvalue weighted by atomic mass is 10.2. The van der Waals surface area contributed by atoms with Gasteiger partial charge in [0.05, 0.1) is 12.2 Å². The van der Waals surface area contributed by atoms with Gasteiger partial charge in [-0.1, -0.05) is 0 Å². The number of carbonyl (C=O) groups excluding carboxylic acids is 1. The second-order valence-electron chi connectivity index (χ2n) is 4.12. The molecule has 0 saturated heterocycles. The van der Waals surface area contributed by atoms with Gasteiger partial charge in [-0.3, -0.25) is 4.79 Å². The minimum absolute atomic E-state index is 0.0216. The first-order valence-corrected chi connectivity index (χ1v) is 6.55. The average molecular weight is 316 g/mol. The molecule has 0 unspecified atom stereocenters. The van der Waals surface area contributed by atoms with Crippen LogP contribution in [-0.4, -0.2) is 47.1 Å². The number of anilines is 1. The van der Waals surface area contributed by atoms with E-state index in [1.54, 1.807) is 24.2 Å². The summed E-state index contributed by atoms with van der Waals surface area (Å²) < 4.78 is 0.748. The van der Waals surface area contributed by atoms with Crippen molar-refractivity contribution in [3.63, 3.8) is 0 Å². The lowest BCUT2D eigenvalue weighted by Gasteiger charge is -2.26. The van der Waals surface area contributed by atoms with Crippen LogP contribution < -0.4 is 5.32 Å². The van der Waals surface area contributed by atoms with E-state index in [9.17, 15) is 4.79 Å². The van der Waals surface area contributed by atoms with Crippen molar-refractivity contribution in [3.05, 3.63) is 22.3 Å². The number of carbonyl (C=O) groups is 1. The highest BCUT2D eigenvalue weighted by atomic mass is 79.9. The van der Waals surface area contributed by atoms with Gasteiger partial charge in [-0.25, -0.2) is 4.98 Å². The standard InChI is InChI=1S/C12H18BrN3O2/c1-8(2)16(4-5-17)12(18)10-6-9(13)7-15-11(10)14-3/h6-8,17H,4-5H2,1-3H3,(H,14,15). The van der Waals surface area contributed by atoms with Crippen LogP contribution in [0.3, 0.4) is 0 Å². The molecule has 6 heteroatoms. The summed E-state index contributed by atoms with van der Waals surface area (Å²) in [7, 11) is 1.72. The number of hydrogen-bond donors (Lipinski definition) is 2. The predicted molar refractivity (Wildman–Crippen MR) is 74.7 cm³/mol. The minimum atomic E-state index is -0.141. The fourth-order valence-corrected chi connectivity index (χ4v) is 1.99. The van der Waals surface area contributed by atoms with Crippen molar-refractivity contribution >= 4 is 27.7 Å². The second-order valence-corrected chi connectivity index (χ2v) is 5.03. The van der Waals surface area contributed by atoms with E-state index in [-0.39, 0.29) is 18.6 Å². The van der Waals surface area contributed by atoms with E-state index in [4.69, 9.17) is 5.11 Å². The maximum atomic E-state index is 12.4. The van der Waals surface area contributed by atoms with Gasteiger partial charge in [0, 0.05) is 30.3 Å². The molecule has 0 atom stereocenters. The Balaban J connectivity index is 3.11. The summed E-state index contributed by atoms with van der Waals surface area (Å²) in [6, 6.07) is 1.75. The predicted octanol–water partition coefficient (Wildman–Crippen LogP) is 1.73. The Morgan fingerprint density at radius 2 is 2.28 bits per heavy atom. The van der Waals surface area contributed by atoms with Crippen molar-refractivity contribution in [2.75, 3.05) is 25.5 Å². The van der Waals surface area contributed by atoms with Crippen LogP contribution in [0.1, 0.15) is 24.2 Å². The summed E-state index contributed by atoms with van der Waals surface area (Å²) in [4.78, 5) is 18.2. The number of nitrogens with one attached hydrogen (secondary N) is 1. The first-order chi connectivity index (χ1) is 8.51. The van der Waals surface area contributed by atoms with Crippen LogP contribution in [0.4, 0.5) is 5.82 Å². The maximum absolute atomic E-state index is 12.4. The summed E-state index contributed by atoms with van der Waals surface area (Å²) in [5.74, 6) is 0.393. The molecule has 0 aromatic carbocycles. The molecule has 0 aliphatic heterocycles. The zero-order valence-electron chi connectivity index (χ0n) is 10.8. The zero-order valence-corrected chi connectivity index (χ0v) is 12.4. The van der Waals surface area contributed by atoms with E-state index < -0.39 is 0 Å². The fourth-order valence-electron chi connectivity index (χ4n) is 1.66. The van der Waals surface area contributed by atoms with Crippen molar-refractivity contribution in [1.82, 2.24) is 9.88 Å². The van der Waals surface area contributed by atoms with Crippen LogP contribution in [0.2, 0.25) is 0 Å². The minimum Gasteiger partial charge on any atom is -0.395 e. The number of aromatic nitrogens is 1. The molecule has 2 N–H and O–H groups in total. The molecule has 1 amide bonds. The Labute approximate surface area is 115 Å². The molecule has 1 aromatic heterocycles. The normalized spacial score (nSPS) is 10.6. The molecule has 100 valence electrons. The van der Waals surface area contributed by atoms with Gasteiger partial charge in [-0.05, 0) is 35.8 Å². The van der Waals surface area contributed by atoms with E-state index in [1.807, 2.05) is 13.8 Å². The molecule has 0 aliphatic carbocycles. The summed E-state index contributed by atoms with van der Waals surface area (Å²) in [5.41, 5.74) is 0.494. The number of halogens is 1. The van der Waals surface area contributed by atoms with Gasteiger partial charge in [0.25, 0.3) is 5.91 Å². The van der Waals surface area contributed by atoms with Crippen molar-refractivity contribution in [3.8, 4) is 0 Å². The summed E-state index contributed by atoms with van der Waals surface area (Å²) in [6.45, 7) is 4.09. The Bertz CT molecular complexity index is 424. The monoisotopic (exact) mass is 315 g/mol. The highest BCUT2D eigenvalue weighted by Gasteiger charge is 2.21. The van der Waals surface area contributed by atoms with Crippen LogP contribution >= 0.6 is 15.9 Å². The van der Waals surface area contributed by atoms with E-state index in [1.165, 1.54) is 0 Å². The second kappa shape index (κ2) is 6.70. The number of hydrogen-bond acceptors (Lipinski definition) is 4. The topological polar surface area (TPSA) is 65.5 Å². The number of aliphatic hydroxyl groups is 1. The van der Waals surface area contributed by atoms with Crippen molar-refractivity contribution in [2.45, 2.75) is 19.9 Å². The van der Waals surface area contributed by atoms with Gasteiger partial charge in [-0.2, -0.15) is 0 Å². The Morgan fingerprint density at radius 3 is 2.78 bits per heavy atom. The first kappa shape index (κ1) is 14.9. The van der Waals surface area contributed by atoms with Crippen molar-refractivity contribution in [1.29, 1.82) is 0 Å². The fraction of sp³-hybridized carbons (Fsp3) is 0.500. The number of nitrogens with zero attached hydrogens (tertiary/aromatic N) is 2. The maximum Gasteiger partial charge on any atom is 0.257 e. The van der Waals surface area contributed by atoms with Gasteiger partial charge in [0.2, 0.25) is 0 Å². The molecule has 1 aromatic rings. The molecule has 0 bridgehead atoms. The summed E-state index contributed by atoms with van der Waals surface area (Å²) in [6.07, 6.45) is 1.63. The molecule has 0 aliphatic rings. The number of amides is 1. The third-order valence-electron chi connectivity index (χ3n) is 2.55. The summed E-state index contributed by atoms with van der Waals surface area (Å²) in [5, 5.41) is 11.9. The molecular weight excluding hydrogens is 298 g/mol. The van der Waals surface area contributed by atoms with Crippen LogP contribution in [-0.2, 0) is 0 Å². The summed E-state index contributed by atoms with van der Waals surface area (Å²) >= 11 is 3.31. The molecule has 0 radical (unpaired) electrons. The van der Waals surface area contributed by atoms with Crippen LogP contribution in [0.15, 0.2) is 16.7 Å². The van der Waals surface area contributed by atoms with Crippen molar-refractivity contribution in [2.24, 2.45) is 0 Å². The molecule has 0 fully saturated rings. The molecular formula is C12H18BrN3O2. The average Bonchev–Trinajstić information content (AvgIpc) is 2.34. The Kier molecular flexibility index (Phi) is 5.55. The van der Waals surface area contributed by atoms with Crippen LogP contribution in [0.25, 0.3) is 0 Å². The number of aliphatic hydroxyl groups excluding tert-OH is 1. The lowest BCUT2D eigenvalue weighted by Crippen LogP contribution is -2.39. The lowest BCUT2D eigenvalue weighted by molar-refractivity contribution is 0.0666. The Morgan fingerprint density at radius 1 is 1.61 bits per heavy atom. The van der Waals surface area contributed by atoms with Gasteiger partial charge in [0.1, 0.15) is 5.82 Å². The van der Waals surface area contributed by atoms with E-state index in [0.717, 1.165) is 4.47 Å². The highest BCUT2D eigenvalue weighted by Crippen LogP contribution is 2.20. The van der Waals surface area contributed by atoms with E-state index in [0.29, 0.717) is 17.9 Å².